The van der Waals surface area contributed by atoms with Gasteiger partial charge in [0.15, 0.2) is 5.78 Å². The zero-order valence-corrected chi connectivity index (χ0v) is 18.3. The van der Waals surface area contributed by atoms with Crippen LogP contribution in [0.15, 0.2) is 78.9 Å². The molecule has 4 rings (SSSR count). The second-order valence-electron chi connectivity index (χ2n) is 8.06. The molecule has 0 aliphatic heterocycles. The maximum Gasteiger partial charge on any atom is 0.164 e. The third-order valence-corrected chi connectivity index (χ3v) is 5.62. The molecule has 0 atom stereocenters. The fraction of sp³-hybridized carbons (Fsp3) is 0.214. The van der Waals surface area contributed by atoms with E-state index in [9.17, 15) is 4.79 Å². The minimum absolute atomic E-state index is 0.155. The number of pyridine rings is 1. The molecule has 0 unspecified atom stereocenters. The summed E-state index contributed by atoms with van der Waals surface area (Å²) in [5.74, 6) is 1.05. The molecule has 1 aromatic heterocycles. The lowest BCUT2D eigenvalue weighted by Crippen LogP contribution is -2.11. The fourth-order valence-electron chi connectivity index (χ4n) is 4.09. The SMILES string of the molecule is COc1ccc2c(C(=O)CCc3ccccc3)c(C(C)C)c(-c3ccccc3)nc2c1. The second kappa shape index (κ2) is 9.13. The first-order valence-corrected chi connectivity index (χ1v) is 10.7. The van der Waals surface area contributed by atoms with Crippen LogP contribution in [0.25, 0.3) is 22.2 Å². The van der Waals surface area contributed by atoms with Crippen molar-refractivity contribution < 1.29 is 9.53 Å². The molecule has 3 heteroatoms. The number of ether oxygens (including phenoxy) is 1. The van der Waals surface area contributed by atoms with Gasteiger partial charge in [-0.05, 0) is 35.6 Å². The molecule has 0 saturated heterocycles. The van der Waals surface area contributed by atoms with E-state index in [1.54, 1.807) is 7.11 Å². The van der Waals surface area contributed by atoms with Gasteiger partial charge in [0.05, 0.1) is 18.3 Å². The smallest absolute Gasteiger partial charge is 0.164 e. The molecule has 4 aromatic rings. The van der Waals surface area contributed by atoms with Crippen LogP contribution in [-0.4, -0.2) is 17.9 Å². The number of methoxy groups -OCH3 is 1. The molecule has 0 fully saturated rings. The molecule has 0 amide bonds. The van der Waals surface area contributed by atoms with Crippen LogP contribution >= 0.6 is 0 Å². The van der Waals surface area contributed by atoms with Crippen LogP contribution < -0.4 is 4.74 Å². The molecule has 156 valence electrons. The predicted molar refractivity (Wildman–Crippen MR) is 127 cm³/mol. The summed E-state index contributed by atoms with van der Waals surface area (Å²) in [7, 11) is 1.65. The molecule has 3 aromatic carbocycles. The number of fused-ring (bicyclic) bond motifs is 1. The van der Waals surface area contributed by atoms with Crippen LogP contribution in [0.5, 0.6) is 5.75 Å². The van der Waals surface area contributed by atoms with Crippen molar-refractivity contribution in [3.63, 3.8) is 0 Å². The number of hydrogen-bond acceptors (Lipinski definition) is 3. The Morgan fingerprint density at radius 1 is 0.935 bits per heavy atom. The molecule has 0 radical (unpaired) electrons. The number of rotatable bonds is 7. The Morgan fingerprint density at radius 3 is 2.26 bits per heavy atom. The van der Waals surface area contributed by atoms with Gasteiger partial charge in [-0.2, -0.15) is 0 Å². The van der Waals surface area contributed by atoms with Gasteiger partial charge in [-0.1, -0.05) is 74.5 Å². The van der Waals surface area contributed by atoms with Gasteiger partial charge in [-0.25, -0.2) is 4.98 Å². The standard InChI is InChI=1S/C28H27NO2/c1-19(2)26-27(25(30)17-14-20-10-6-4-7-11-20)23-16-15-22(31-3)18-24(23)29-28(26)21-12-8-5-9-13-21/h4-13,15-16,18-19H,14,17H2,1-3H3. The van der Waals surface area contributed by atoms with Crippen molar-refractivity contribution in [3.05, 3.63) is 95.6 Å². The van der Waals surface area contributed by atoms with Gasteiger partial charge in [-0.3, -0.25) is 4.79 Å². The van der Waals surface area contributed by atoms with Gasteiger partial charge in [0.25, 0.3) is 0 Å². The average molecular weight is 410 g/mol. The zero-order valence-electron chi connectivity index (χ0n) is 18.3. The molecule has 0 saturated carbocycles. The lowest BCUT2D eigenvalue weighted by Gasteiger charge is -2.20. The Labute approximate surface area is 183 Å². The highest BCUT2D eigenvalue weighted by atomic mass is 16.5. The van der Waals surface area contributed by atoms with Crippen molar-refractivity contribution >= 4 is 16.7 Å². The van der Waals surface area contributed by atoms with Gasteiger partial charge in [0.2, 0.25) is 0 Å². The normalized spacial score (nSPS) is 11.1. The summed E-state index contributed by atoms with van der Waals surface area (Å²) in [6, 6.07) is 26.1. The highest BCUT2D eigenvalue weighted by molar-refractivity contribution is 6.10. The van der Waals surface area contributed by atoms with Crippen molar-refractivity contribution in [2.45, 2.75) is 32.6 Å². The van der Waals surface area contributed by atoms with Crippen LogP contribution in [0.2, 0.25) is 0 Å². The maximum absolute atomic E-state index is 13.6. The molecular weight excluding hydrogens is 382 g/mol. The van der Waals surface area contributed by atoms with Crippen LogP contribution in [0, 0.1) is 0 Å². The summed E-state index contributed by atoms with van der Waals surface area (Å²) < 4.78 is 5.43. The number of ketones is 1. The number of carbonyl (C=O) groups excluding carboxylic acids is 1. The maximum atomic E-state index is 13.6. The van der Waals surface area contributed by atoms with E-state index in [1.807, 2.05) is 54.6 Å². The van der Waals surface area contributed by atoms with E-state index >= 15 is 0 Å². The van der Waals surface area contributed by atoms with Crippen LogP contribution in [0.1, 0.15) is 47.7 Å². The monoisotopic (exact) mass is 409 g/mol. The number of benzene rings is 3. The van der Waals surface area contributed by atoms with Crippen molar-refractivity contribution in [2.24, 2.45) is 0 Å². The Kier molecular flexibility index (Phi) is 6.13. The van der Waals surface area contributed by atoms with Gasteiger partial charge >= 0.3 is 0 Å². The first kappa shape index (κ1) is 20.8. The second-order valence-corrected chi connectivity index (χ2v) is 8.06. The largest absolute Gasteiger partial charge is 0.497 e. The number of aryl methyl sites for hydroxylation is 1. The highest BCUT2D eigenvalue weighted by Gasteiger charge is 2.23. The quantitative estimate of drug-likeness (QED) is 0.313. The van der Waals surface area contributed by atoms with Gasteiger partial charge < -0.3 is 4.74 Å². The third-order valence-electron chi connectivity index (χ3n) is 5.62. The molecular formula is C28H27NO2. The first-order chi connectivity index (χ1) is 15.1. The van der Waals surface area contributed by atoms with Crippen LogP contribution in [-0.2, 0) is 6.42 Å². The molecule has 3 nitrogen and oxygen atoms in total. The summed E-state index contributed by atoms with van der Waals surface area (Å²) in [6.07, 6.45) is 1.18. The lowest BCUT2D eigenvalue weighted by molar-refractivity contribution is 0.0983. The Hall–Kier alpha value is -3.46. The van der Waals surface area contributed by atoms with E-state index in [0.29, 0.717) is 6.42 Å². The minimum Gasteiger partial charge on any atom is -0.497 e. The number of carbonyl (C=O) groups is 1. The van der Waals surface area contributed by atoms with E-state index < -0.39 is 0 Å². The lowest BCUT2D eigenvalue weighted by atomic mass is 9.86. The summed E-state index contributed by atoms with van der Waals surface area (Å²) in [5.41, 5.74) is 5.66. The summed E-state index contributed by atoms with van der Waals surface area (Å²) in [5, 5.41) is 0.891. The van der Waals surface area contributed by atoms with E-state index in [2.05, 4.69) is 38.1 Å². The topological polar surface area (TPSA) is 39.2 Å². The van der Waals surface area contributed by atoms with Gasteiger partial charge in [0.1, 0.15) is 5.75 Å². The zero-order chi connectivity index (χ0) is 21.8. The van der Waals surface area contributed by atoms with E-state index in [-0.39, 0.29) is 11.7 Å². The number of hydrogen-bond donors (Lipinski definition) is 0. The van der Waals surface area contributed by atoms with Gasteiger partial charge in [0, 0.05) is 29.0 Å². The molecule has 1 heterocycles. The Bertz CT molecular complexity index is 1200. The van der Waals surface area contributed by atoms with Crippen molar-refractivity contribution in [3.8, 4) is 17.0 Å². The Morgan fingerprint density at radius 2 is 1.61 bits per heavy atom. The number of Topliss-reactive ketones (excluding diaryl/α,β-unsaturated/α-hetero) is 1. The molecule has 31 heavy (non-hydrogen) atoms. The molecule has 0 spiro atoms. The summed E-state index contributed by atoms with van der Waals surface area (Å²) in [6.45, 7) is 4.26. The molecule has 0 aliphatic carbocycles. The summed E-state index contributed by atoms with van der Waals surface area (Å²) in [4.78, 5) is 18.6. The van der Waals surface area contributed by atoms with Crippen LogP contribution in [0.3, 0.4) is 0 Å². The van der Waals surface area contributed by atoms with Gasteiger partial charge in [-0.15, -0.1) is 0 Å². The third kappa shape index (κ3) is 4.36. The highest BCUT2D eigenvalue weighted by Crippen LogP contribution is 2.36. The fourth-order valence-corrected chi connectivity index (χ4v) is 4.09. The number of aromatic nitrogens is 1. The predicted octanol–water partition coefficient (Wildman–Crippen LogP) is 6.85. The molecule has 0 bridgehead atoms. The summed E-state index contributed by atoms with van der Waals surface area (Å²) >= 11 is 0. The van der Waals surface area contributed by atoms with Crippen molar-refractivity contribution in [1.29, 1.82) is 0 Å². The minimum atomic E-state index is 0.155. The average Bonchev–Trinajstić information content (AvgIpc) is 2.82. The Balaban J connectivity index is 1.90. The molecule has 0 aliphatic rings. The van der Waals surface area contributed by atoms with E-state index in [4.69, 9.17) is 9.72 Å². The van der Waals surface area contributed by atoms with Crippen LogP contribution in [0.4, 0.5) is 0 Å². The van der Waals surface area contributed by atoms with Crippen molar-refractivity contribution in [2.75, 3.05) is 7.11 Å². The van der Waals surface area contributed by atoms with Crippen molar-refractivity contribution in [1.82, 2.24) is 4.98 Å². The molecule has 0 N–H and O–H groups in total. The number of nitrogens with zero attached hydrogens (tertiary/aromatic N) is 1. The van der Waals surface area contributed by atoms with E-state index in [1.165, 1.54) is 5.56 Å². The van der Waals surface area contributed by atoms with E-state index in [0.717, 1.165) is 45.5 Å². The first-order valence-electron chi connectivity index (χ1n) is 10.7.